The Balaban J connectivity index is 5.26. The van der Waals surface area contributed by atoms with E-state index in [9.17, 15) is 43.2 Å². The monoisotopic (exact) mass is 1230 g/mol. The van der Waals surface area contributed by atoms with Crippen LogP contribution in [0.5, 0.6) is 0 Å². The fraction of sp³-hybridized carbons (Fsp3) is 0.938. The summed E-state index contributed by atoms with van der Waals surface area (Å²) < 4.78 is 68.0. The second kappa shape index (κ2) is 54.2. The number of carbonyl (C=O) groups excluding carboxylic acids is 4. The molecule has 0 heterocycles. The van der Waals surface area contributed by atoms with Crippen molar-refractivity contribution in [2.45, 2.75) is 324 Å². The molecular weight excluding hydrogens is 1100 g/mol. The first-order valence-corrected chi connectivity index (χ1v) is 36.3. The molecule has 19 heteroatoms. The highest BCUT2D eigenvalue weighted by atomic mass is 31.2. The largest absolute Gasteiger partial charge is 0.472 e. The van der Waals surface area contributed by atoms with Crippen LogP contribution in [0.15, 0.2) is 0 Å². The van der Waals surface area contributed by atoms with Gasteiger partial charge in [-0.15, -0.1) is 0 Å². The predicted octanol–water partition coefficient (Wildman–Crippen LogP) is 17.4. The van der Waals surface area contributed by atoms with E-state index in [0.717, 1.165) is 114 Å². The molecule has 0 aliphatic rings. The van der Waals surface area contributed by atoms with Crippen molar-refractivity contribution in [3.8, 4) is 0 Å². The van der Waals surface area contributed by atoms with Gasteiger partial charge in [-0.2, -0.15) is 0 Å². The highest BCUT2D eigenvalue weighted by molar-refractivity contribution is 7.47. The molecule has 3 N–H and O–H groups in total. The molecule has 83 heavy (non-hydrogen) atoms. The maximum Gasteiger partial charge on any atom is 0.472 e. The third-order valence-electron chi connectivity index (χ3n) is 15.3. The molecule has 5 unspecified atom stereocenters. The molecule has 0 rings (SSSR count). The second-order valence-electron chi connectivity index (χ2n) is 24.6. The van der Waals surface area contributed by atoms with Gasteiger partial charge < -0.3 is 33.8 Å². The van der Waals surface area contributed by atoms with Gasteiger partial charge in [-0.25, -0.2) is 9.13 Å². The van der Waals surface area contributed by atoms with Crippen LogP contribution in [0.3, 0.4) is 0 Å². The van der Waals surface area contributed by atoms with Gasteiger partial charge in [-0.1, -0.05) is 254 Å². The molecule has 17 nitrogen and oxygen atoms in total. The first-order valence-electron chi connectivity index (χ1n) is 33.3. The van der Waals surface area contributed by atoms with E-state index < -0.39 is 97.5 Å². The summed E-state index contributed by atoms with van der Waals surface area (Å²) in [5.41, 5.74) is 0. The molecule has 0 saturated heterocycles. The quantitative estimate of drug-likeness (QED) is 0.0222. The SMILES string of the molecule is CCC(C)CCCCCCCCC(=O)O[C@H](COC(=O)CCCCCCCCCCCC(C)C)COP(=O)(O)OCC(O)COP(=O)(O)OC[C@@H](COC(=O)CCCCCCCCCCC(C)C)OC(=O)CCCCCCCCC(C)CC. The van der Waals surface area contributed by atoms with Gasteiger partial charge in [-0.3, -0.25) is 37.3 Å². The van der Waals surface area contributed by atoms with Crippen LogP contribution >= 0.6 is 15.6 Å². The summed E-state index contributed by atoms with van der Waals surface area (Å²) in [6.07, 6.45) is 33.6. The summed E-state index contributed by atoms with van der Waals surface area (Å²) in [5.74, 6) is 0.767. The van der Waals surface area contributed by atoms with E-state index in [-0.39, 0.29) is 25.7 Å². The topological polar surface area (TPSA) is 237 Å². The summed E-state index contributed by atoms with van der Waals surface area (Å²) >= 11 is 0. The molecule has 0 saturated carbocycles. The van der Waals surface area contributed by atoms with Crippen molar-refractivity contribution in [1.82, 2.24) is 0 Å². The van der Waals surface area contributed by atoms with Gasteiger partial charge >= 0.3 is 39.5 Å². The number of hydrogen-bond acceptors (Lipinski definition) is 15. The number of hydrogen-bond donors (Lipinski definition) is 3. The number of carbonyl (C=O) groups is 4. The lowest BCUT2D eigenvalue weighted by atomic mass is 10.00. The van der Waals surface area contributed by atoms with Gasteiger partial charge in [0.1, 0.15) is 19.3 Å². The van der Waals surface area contributed by atoms with Gasteiger partial charge in [0.2, 0.25) is 0 Å². The van der Waals surface area contributed by atoms with Crippen molar-refractivity contribution in [3.05, 3.63) is 0 Å². The van der Waals surface area contributed by atoms with Crippen LogP contribution in [0.2, 0.25) is 0 Å². The van der Waals surface area contributed by atoms with Crippen LogP contribution in [0, 0.1) is 23.7 Å². The van der Waals surface area contributed by atoms with Crippen molar-refractivity contribution in [2.75, 3.05) is 39.6 Å². The molecule has 0 aliphatic carbocycles. The standard InChI is InChI=1S/C64H124O17P2/c1-9-56(7)42-34-26-20-22-30-38-46-63(68)80-59(50-74-61(66)44-36-28-18-13-11-12-16-24-32-40-54(3)4)52-78-82(70,71)76-48-58(65)49-77-83(72,73)79-53-60(81-64(69)47-39-31-23-21-27-35-43-57(8)10-2)51-75-62(67)45-37-29-19-15-14-17-25-33-41-55(5)6/h54-60,65H,9-53H2,1-8H3,(H,70,71)(H,72,73)/t56?,57?,58?,59-,60-/m1/s1. The Bertz CT molecular complexity index is 1670. The molecule has 0 aromatic heterocycles. The molecule has 0 radical (unpaired) electrons. The minimum absolute atomic E-state index is 0.102. The zero-order valence-corrected chi connectivity index (χ0v) is 55.6. The van der Waals surface area contributed by atoms with Crippen LogP contribution in [0.4, 0.5) is 0 Å². The van der Waals surface area contributed by atoms with Crippen LogP contribution in [0.25, 0.3) is 0 Å². The lowest BCUT2D eigenvalue weighted by Crippen LogP contribution is -2.30. The van der Waals surface area contributed by atoms with Crippen molar-refractivity contribution in [3.63, 3.8) is 0 Å². The number of phosphoric ester groups is 2. The van der Waals surface area contributed by atoms with E-state index in [2.05, 4.69) is 55.4 Å². The fourth-order valence-corrected chi connectivity index (χ4v) is 10.9. The molecule has 0 amide bonds. The number of ether oxygens (including phenoxy) is 4. The average Bonchev–Trinajstić information content (AvgIpc) is 3.45. The van der Waals surface area contributed by atoms with Crippen molar-refractivity contribution in [2.24, 2.45) is 23.7 Å². The van der Waals surface area contributed by atoms with Gasteiger partial charge in [-0.05, 0) is 49.4 Å². The molecule has 0 spiro atoms. The molecule has 7 atom stereocenters. The number of aliphatic hydroxyl groups is 1. The van der Waals surface area contributed by atoms with Gasteiger partial charge in [0.25, 0.3) is 0 Å². The molecule has 0 aliphatic heterocycles. The number of unbranched alkanes of at least 4 members (excludes halogenated alkanes) is 25. The molecule has 0 aromatic rings. The Hall–Kier alpha value is -1.94. The van der Waals surface area contributed by atoms with E-state index in [1.54, 1.807) is 0 Å². The van der Waals surface area contributed by atoms with E-state index >= 15 is 0 Å². The number of phosphoric acid groups is 2. The average molecular weight is 1230 g/mol. The Morgan fingerprint density at radius 1 is 0.337 bits per heavy atom. The molecular formula is C64H124O17P2. The molecule has 0 fully saturated rings. The smallest absolute Gasteiger partial charge is 0.462 e. The minimum Gasteiger partial charge on any atom is -0.462 e. The summed E-state index contributed by atoms with van der Waals surface area (Å²) in [6.45, 7) is 13.9. The third-order valence-corrected chi connectivity index (χ3v) is 17.2. The molecule has 0 bridgehead atoms. The van der Waals surface area contributed by atoms with E-state index in [1.807, 2.05) is 0 Å². The van der Waals surface area contributed by atoms with Crippen molar-refractivity contribution in [1.29, 1.82) is 0 Å². The van der Waals surface area contributed by atoms with Crippen molar-refractivity contribution < 1.29 is 80.2 Å². The Morgan fingerprint density at radius 2 is 0.578 bits per heavy atom. The number of esters is 4. The Kier molecular flexibility index (Phi) is 53.0. The minimum atomic E-state index is -4.95. The lowest BCUT2D eigenvalue weighted by molar-refractivity contribution is -0.161. The first-order chi connectivity index (χ1) is 39.7. The van der Waals surface area contributed by atoms with Gasteiger partial charge in [0.05, 0.1) is 26.4 Å². The number of rotatable bonds is 61. The summed E-state index contributed by atoms with van der Waals surface area (Å²) in [7, 11) is -9.89. The van der Waals surface area contributed by atoms with E-state index in [4.69, 9.17) is 37.0 Å². The molecule has 0 aromatic carbocycles. The van der Waals surface area contributed by atoms with E-state index in [0.29, 0.717) is 25.7 Å². The Morgan fingerprint density at radius 3 is 0.855 bits per heavy atom. The second-order valence-corrected chi connectivity index (χ2v) is 27.5. The van der Waals surface area contributed by atoms with Crippen LogP contribution in [0.1, 0.15) is 306 Å². The van der Waals surface area contributed by atoms with Gasteiger partial charge in [0, 0.05) is 25.7 Å². The third kappa shape index (κ3) is 56.3. The maximum atomic E-state index is 13.0. The summed E-state index contributed by atoms with van der Waals surface area (Å²) in [6, 6.07) is 0. The summed E-state index contributed by atoms with van der Waals surface area (Å²) in [4.78, 5) is 72.2. The Labute approximate surface area is 505 Å². The normalized spacial score (nSPS) is 15.1. The van der Waals surface area contributed by atoms with Crippen LogP contribution in [-0.4, -0.2) is 96.7 Å². The first kappa shape index (κ1) is 81.1. The fourth-order valence-electron chi connectivity index (χ4n) is 9.36. The summed E-state index contributed by atoms with van der Waals surface area (Å²) in [5, 5.41) is 10.5. The van der Waals surface area contributed by atoms with Crippen LogP contribution in [-0.2, 0) is 65.4 Å². The lowest BCUT2D eigenvalue weighted by Gasteiger charge is -2.21. The zero-order valence-electron chi connectivity index (χ0n) is 53.8. The predicted molar refractivity (Wildman–Crippen MR) is 331 cm³/mol. The van der Waals surface area contributed by atoms with Crippen LogP contribution < -0.4 is 0 Å². The highest BCUT2D eigenvalue weighted by Gasteiger charge is 2.30. The number of aliphatic hydroxyl groups excluding tert-OH is 1. The molecule has 492 valence electrons. The highest BCUT2D eigenvalue weighted by Crippen LogP contribution is 2.45. The van der Waals surface area contributed by atoms with E-state index in [1.165, 1.54) is 109 Å². The zero-order chi connectivity index (χ0) is 61.8. The van der Waals surface area contributed by atoms with Crippen molar-refractivity contribution >= 4 is 39.5 Å². The van der Waals surface area contributed by atoms with Gasteiger partial charge in [0.15, 0.2) is 12.2 Å². The maximum absolute atomic E-state index is 13.0.